The number of carbonyl (C=O) groups is 1. The van der Waals surface area contributed by atoms with E-state index in [2.05, 4.69) is 9.97 Å². The Labute approximate surface area is 184 Å². The summed E-state index contributed by atoms with van der Waals surface area (Å²) in [5, 5.41) is 11.0. The van der Waals surface area contributed by atoms with Crippen LogP contribution in [0.5, 0.6) is 5.75 Å². The molecule has 0 aliphatic carbocycles. The zero-order valence-electron chi connectivity index (χ0n) is 17.7. The summed E-state index contributed by atoms with van der Waals surface area (Å²) < 4.78 is 5.66. The Hall–Kier alpha value is -4.21. The van der Waals surface area contributed by atoms with Gasteiger partial charge in [-0.3, -0.25) is 14.9 Å². The molecule has 0 radical (unpaired) electrons. The number of rotatable bonds is 6. The smallest absolute Gasteiger partial charge is 0.295 e. The molecule has 1 aliphatic heterocycles. The Morgan fingerprint density at radius 1 is 1.19 bits per heavy atom. The molecular formula is C22H22N6O4. The van der Waals surface area contributed by atoms with Crippen molar-refractivity contribution in [3.8, 4) is 5.75 Å². The van der Waals surface area contributed by atoms with E-state index in [9.17, 15) is 14.9 Å². The number of anilines is 4. The van der Waals surface area contributed by atoms with Crippen LogP contribution in [0.2, 0.25) is 0 Å². The van der Waals surface area contributed by atoms with E-state index in [-0.39, 0.29) is 23.9 Å². The minimum Gasteiger partial charge on any atom is -0.493 e. The molecule has 0 spiro atoms. The third kappa shape index (κ3) is 3.78. The minimum atomic E-state index is -0.549. The van der Waals surface area contributed by atoms with Crippen molar-refractivity contribution in [2.24, 2.45) is 0 Å². The number of pyridine rings is 2. The fraction of sp³-hybridized carbons (Fsp3) is 0.227. The summed E-state index contributed by atoms with van der Waals surface area (Å²) in [7, 11) is 1.72. The molecule has 0 saturated carbocycles. The van der Waals surface area contributed by atoms with Crippen molar-refractivity contribution in [1.82, 2.24) is 9.97 Å². The molecule has 10 heteroatoms. The number of ether oxygens (including phenoxy) is 1. The lowest BCUT2D eigenvalue weighted by molar-refractivity contribution is -0.384. The summed E-state index contributed by atoms with van der Waals surface area (Å²) in [4.78, 5) is 36.2. The third-order valence-electron chi connectivity index (χ3n) is 5.27. The molecule has 32 heavy (non-hydrogen) atoms. The van der Waals surface area contributed by atoms with E-state index in [4.69, 9.17) is 10.5 Å². The van der Waals surface area contributed by atoms with Crippen LogP contribution in [0.15, 0.2) is 48.8 Å². The van der Waals surface area contributed by atoms with E-state index < -0.39 is 4.92 Å². The summed E-state index contributed by atoms with van der Waals surface area (Å²) >= 11 is 0. The number of nitrogens with zero attached hydrogens (tertiary/aromatic N) is 5. The number of fused-ring (bicyclic) bond motifs is 2. The highest BCUT2D eigenvalue weighted by molar-refractivity contribution is 6.12. The van der Waals surface area contributed by atoms with Crippen LogP contribution in [-0.2, 0) is 6.42 Å². The Morgan fingerprint density at radius 2 is 2.00 bits per heavy atom. The summed E-state index contributed by atoms with van der Waals surface area (Å²) in [5.41, 5.74) is 7.50. The quantitative estimate of drug-likeness (QED) is 0.355. The maximum Gasteiger partial charge on any atom is 0.295 e. The van der Waals surface area contributed by atoms with Gasteiger partial charge in [-0.1, -0.05) is 0 Å². The molecular weight excluding hydrogens is 412 g/mol. The van der Waals surface area contributed by atoms with E-state index in [0.29, 0.717) is 41.6 Å². The Kier molecular flexibility index (Phi) is 5.59. The lowest BCUT2D eigenvalue weighted by Gasteiger charge is -2.22. The number of hydrogen-bond acceptors (Lipinski definition) is 8. The lowest BCUT2D eigenvalue weighted by Crippen LogP contribution is -2.25. The van der Waals surface area contributed by atoms with E-state index in [1.54, 1.807) is 36.5 Å². The molecule has 1 aromatic carbocycles. The van der Waals surface area contributed by atoms with Crippen molar-refractivity contribution in [3.63, 3.8) is 0 Å². The Balaban J connectivity index is 1.56. The molecule has 3 heterocycles. The van der Waals surface area contributed by atoms with Gasteiger partial charge in [0, 0.05) is 32.4 Å². The average molecular weight is 434 g/mol. The van der Waals surface area contributed by atoms with Crippen LogP contribution in [0.3, 0.4) is 0 Å². The number of carbonyl (C=O) groups excluding carboxylic acids is 1. The highest BCUT2D eigenvalue weighted by Crippen LogP contribution is 2.37. The molecule has 1 aliphatic rings. The number of benzene rings is 1. The van der Waals surface area contributed by atoms with Crippen molar-refractivity contribution in [1.29, 1.82) is 0 Å². The highest BCUT2D eigenvalue weighted by Gasteiger charge is 2.30. The SMILES string of the molecule is CCN1c2ncc(CCOc3ccc(N)c([N+](=O)[O-])c3)cc2C(=O)N(C)c2cccnc21. The summed E-state index contributed by atoms with van der Waals surface area (Å²) in [6.07, 6.45) is 3.86. The van der Waals surface area contributed by atoms with Crippen molar-refractivity contribution in [2.45, 2.75) is 13.3 Å². The van der Waals surface area contributed by atoms with Gasteiger partial charge in [-0.25, -0.2) is 9.97 Å². The van der Waals surface area contributed by atoms with Gasteiger partial charge in [-0.15, -0.1) is 0 Å². The average Bonchev–Trinajstić information content (AvgIpc) is 2.88. The third-order valence-corrected chi connectivity index (χ3v) is 5.27. The molecule has 0 fully saturated rings. The van der Waals surface area contributed by atoms with Gasteiger partial charge in [-0.05, 0) is 42.8 Å². The molecule has 0 atom stereocenters. The summed E-state index contributed by atoms with van der Waals surface area (Å²) in [6.45, 7) is 2.83. The van der Waals surface area contributed by atoms with Crippen LogP contribution < -0.4 is 20.3 Å². The van der Waals surface area contributed by atoms with Crippen LogP contribution in [0, 0.1) is 10.1 Å². The van der Waals surface area contributed by atoms with Crippen LogP contribution in [0.25, 0.3) is 0 Å². The molecule has 2 aromatic heterocycles. The Morgan fingerprint density at radius 3 is 2.75 bits per heavy atom. The highest BCUT2D eigenvalue weighted by atomic mass is 16.6. The number of nitrogen functional groups attached to an aromatic ring is 1. The van der Waals surface area contributed by atoms with Gasteiger partial charge in [0.05, 0.1) is 28.8 Å². The van der Waals surface area contributed by atoms with Crippen molar-refractivity contribution in [3.05, 3.63) is 70.0 Å². The molecule has 164 valence electrons. The maximum absolute atomic E-state index is 13.2. The first-order valence-corrected chi connectivity index (χ1v) is 10.1. The molecule has 4 rings (SSSR count). The normalized spacial score (nSPS) is 12.8. The second-order valence-corrected chi connectivity index (χ2v) is 7.25. The van der Waals surface area contributed by atoms with Gasteiger partial charge in [-0.2, -0.15) is 0 Å². The standard InChI is InChI=1S/C22H22N6O4/c1-3-27-20-16(22(29)26(2)18-5-4-9-24-21(18)27)11-14(13-25-20)8-10-32-15-6-7-17(23)19(12-15)28(30)31/h4-7,9,11-13H,3,8,10,23H2,1-2H3. The van der Waals surface area contributed by atoms with E-state index in [1.807, 2.05) is 24.0 Å². The molecule has 0 bridgehead atoms. The van der Waals surface area contributed by atoms with Gasteiger partial charge in [0.25, 0.3) is 11.6 Å². The number of nitrogens with two attached hydrogens (primary N) is 1. The molecule has 2 N–H and O–H groups in total. The van der Waals surface area contributed by atoms with Gasteiger partial charge >= 0.3 is 0 Å². The predicted octanol–water partition coefficient (Wildman–Crippen LogP) is 3.34. The number of aromatic nitrogens is 2. The fourth-order valence-electron chi connectivity index (χ4n) is 3.62. The zero-order valence-corrected chi connectivity index (χ0v) is 17.7. The molecule has 0 saturated heterocycles. The van der Waals surface area contributed by atoms with Crippen molar-refractivity contribution >= 4 is 34.6 Å². The molecule has 0 unspecified atom stereocenters. The maximum atomic E-state index is 13.2. The summed E-state index contributed by atoms with van der Waals surface area (Å²) in [5.74, 6) is 1.41. The molecule has 1 amide bonds. The first-order chi connectivity index (χ1) is 15.4. The van der Waals surface area contributed by atoms with Gasteiger partial charge in [0.1, 0.15) is 17.3 Å². The second-order valence-electron chi connectivity index (χ2n) is 7.25. The van der Waals surface area contributed by atoms with Gasteiger partial charge < -0.3 is 20.3 Å². The van der Waals surface area contributed by atoms with E-state index in [1.165, 1.54) is 12.1 Å². The van der Waals surface area contributed by atoms with E-state index >= 15 is 0 Å². The van der Waals surface area contributed by atoms with Crippen LogP contribution in [0.1, 0.15) is 22.8 Å². The Bertz CT molecular complexity index is 1200. The topological polar surface area (TPSA) is 128 Å². The number of amides is 1. The minimum absolute atomic E-state index is 0.0795. The van der Waals surface area contributed by atoms with E-state index in [0.717, 1.165) is 5.56 Å². The molecule has 10 nitrogen and oxygen atoms in total. The summed E-state index contributed by atoms with van der Waals surface area (Å²) in [6, 6.07) is 9.78. The monoisotopic (exact) mass is 434 g/mol. The first-order valence-electron chi connectivity index (χ1n) is 10.1. The van der Waals surface area contributed by atoms with Crippen LogP contribution >= 0.6 is 0 Å². The van der Waals surface area contributed by atoms with Crippen molar-refractivity contribution < 1.29 is 14.5 Å². The number of nitro groups is 1. The fourth-order valence-corrected chi connectivity index (χ4v) is 3.62. The predicted molar refractivity (Wildman–Crippen MR) is 121 cm³/mol. The van der Waals surface area contributed by atoms with Crippen LogP contribution in [-0.4, -0.2) is 41.0 Å². The number of nitro benzene ring substituents is 1. The van der Waals surface area contributed by atoms with Gasteiger partial charge in [0.15, 0.2) is 5.82 Å². The second kappa shape index (κ2) is 8.50. The first kappa shape index (κ1) is 21.0. The van der Waals surface area contributed by atoms with Crippen LogP contribution in [0.4, 0.5) is 28.7 Å². The van der Waals surface area contributed by atoms with Crippen molar-refractivity contribution in [2.75, 3.05) is 35.7 Å². The largest absolute Gasteiger partial charge is 0.493 e. The number of hydrogen-bond donors (Lipinski definition) is 1. The van der Waals surface area contributed by atoms with Gasteiger partial charge in [0.2, 0.25) is 0 Å². The zero-order chi connectivity index (χ0) is 22.8. The lowest BCUT2D eigenvalue weighted by atomic mass is 10.1. The molecule has 3 aromatic rings.